The number of amides is 2. The van der Waals surface area contributed by atoms with Crippen LogP contribution in [-0.4, -0.2) is 58.9 Å². The van der Waals surface area contributed by atoms with Crippen molar-refractivity contribution in [3.8, 4) is 0 Å². The van der Waals surface area contributed by atoms with E-state index in [9.17, 15) is 9.59 Å². The predicted molar refractivity (Wildman–Crippen MR) is 120 cm³/mol. The number of H-pyrrole nitrogens is 1. The normalized spacial score (nSPS) is 15.8. The Morgan fingerprint density at radius 1 is 1.23 bits per heavy atom. The average Bonchev–Trinajstić information content (AvgIpc) is 3.25. The Balaban J connectivity index is 1.48. The maximum Gasteiger partial charge on any atom is 0.245 e. The zero-order valence-electron chi connectivity index (χ0n) is 17.4. The SMILES string of the molecule is CC(=O)NC(Cc1c[nH]c2ccccc12)C(=O)N1CCCN(c2nc(C)cs2)CC1. The van der Waals surface area contributed by atoms with Gasteiger partial charge in [0.2, 0.25) is 11.8 Å². The summed E-state index contributed by atoms with van der Waals surface area (Å²) in [6.45, 7) is 6.40. The molecule has 1 aromatic carbocycles. The van der Waals surface area contributed by atoms with Gasteiger partial charge < -0.3 is 20.1 Å². The van der Waals surface area contributed by atoms with Crippen LogP contribution in [0, 0.1) is 6.92 Å². The molecule has 1 unspecified atom stereocenters. The number of carbonyl (C=O) groups excluding carboxylic acids is 2. The molecule has 0 aliphatic carbocycles. The molecular weight excluding hydrogens is 398 g/mol. The molecule has 0 radical (unpaired) electrons. The van der Waals surface area contributed by atoms with Gasteiger partial charge in [0.15, 0.2) is 5.13 Å². The van der Waals surface area contributed by atoms with Crippen LogP contribution in [0.15, 0.2) is 35.8 Å². The largest absolute Gasteiger partial charge is 0.361 e. The maximum atomic E-state index is 13.4. The van der Waals surface area contributed by atoms with Crippen LogP contribution in [0.3, 0.4) is 0 Å². The van der Waals surface area contributed by atoms with E-state index in [0.29, 0.717) is 19.5 Å². The molecule has 30 heavy (non-hydrogen) atoms. The Hall–Kier alpha value is -2.87. The van der Waals surface area contributed by atoms with Crippen molar-refractivity contribution in [2.24, 2.45) is 0 Å². The Labute approximate surface area is 180 Å². The molecule has 2 amide bonds. The van der Waals surface area contributed by atoms with E-state index in [2.05, 4.69) is 25.6 Å². The van der Waals surface area contributed by atoms with Crippen LogP contribution in [-0.2, 0) is 16.0 Å². The van der Waals surface area contributed by atoms with E-state index in [1.165, 1.54) is 6.92 Å². The van der Waals surface area contributed by atoms with E-state index in [-0.39, 0.29) is 11.8 Å². The minimum absolute atomic E-state index is 0.0207. The highest BCUT2D eigenvalue weighted by molar-refractivity contribution is 7.13. The number of nitrogens with one attached hydrogen (secondary N) is 2. The lowest BCUT2D eigenvalue weighted by Gasteiger charge is -2.26. The van der Waals surface area contributed by atoms with Gasteiger partial charge in [-0.15, -0.1) is 11.3 Å². The monoisotopic (exact) mass is 425 g/mol. The number of hydrogen-bond donors (Lipinski definition) is 2. The number of hydrogen-bond acceptors (Lipinski definition) is 5. The summed E-state index contributed by atoms with van der Waals surface area (Å²) < 4.78 is 0. The molecule has 3 heterocycles. The van der Waals surface area contributed by atoms with Crippen LogP contribution in [0.1, 0.15) is 24.6 Å². The van der Waals surface area contributed by atoms with Crippen molar-refractivity contribution < 1.29 is 9.59 Å². The molecule has 7 nitrogen and oxygen atoms in total. The number of aromatic nitrogens is 2. The number of anilines is 1. The van der Waals surface area contributed by atoms with Gasteiger partial charge in [0.1, 0.15) is 6.04 Å². The zero-order valence-corrected chi connectivity index (χ0v) is 18.2. The first-order valence-corrected chi connectivity index (χ1v) is 11.2. The van der Waals surface area contributed by atoms with Crippen molar-refractivity contribution in [1.82, 2.24) is 20.2 Å². The molecule has 1 atom stereocenters. The highest BCUT2D eigenvalue weighted by Crippen LogP contribution is 2.23. The van der Waals surface area contributed by atoms with Crippen LogP contribution in [0.25, 0.3) is 10.9 Å². The second-order valence-electron chi connectivity index (χ2n) is 7.75. The van der Waals surface area contributed by atoms with Gasteiger partial charge in [-0.3, -0.25) is 9.59 Å². The molecule has 2 N–H and O–H groups in total. The van der Waals surface area contributed by atoms with Gasteiger partial charge in [-0.05, 0) is 25.0 Å². The average molecular weight is 426 g/mol. The third-order valence-corrected chi connectivity index (χ3v) is 6.48. The minimum Gasteiger partial charge on any atom is -0.361 e. The molecule has 1 aliphatic heterocycles. The Bertz CT molecular complexity index is 1040. The lowest BCUT2D eigenvalue weighted by molar-refractivity contribution is -0.135. The highest BCUT2D eigenvalue weighted by Gasteiger charge is 2.28. The minimum atomic E-state index is -0.574. The fourth-order valence-corrected chi connectivity index (χ4v) is 4.86. The van der Waals surface area contributed by atoms with Crippen molar-refractivity contribution >= 4 is 39.2 Å². The van der Waals surface area contributed by atoms with E-state index in [1.807, 2.05) is 42.3 Å². The van der Waals surface area contributed by atoms with E-state index >= 15 is 0 Å². The molecule has 0 spiro atoms. The number of carbonyl (C=O) groups is 2. The molecule has 3 aromatic rings. The summed E-state index contributed by atoms with van der Waals surface area (Å²) >= 11 is 1.64. The second kappa shape index (κ2) is 8.87. The molecule has 1 fully saturated rings. The van der Waals surface area contributed by atoms with E-state index in [0.717, 1.165) is 46.8 Å². The predicted octanol–water partition coefficient (Wildman–Crippen LogP) is 2.72. The van der Waals surface area contributed by atoms with Gasteiger partial charge in [0, 0.05) is 62.0 Å². The highest BCUT2D eigenvalue weighted by atomic mass is 32.1. The summed E-state index contributed by atoms with van der Waals surface area (Å²) in [5.41, 5.74) is 3.09. The van der Waals surface area contributed by atoms with Gasteiger partial charge >= 0.3 is 0 Å². The first-order valence-electron chi connectivity index (χ1n) is 10.3. The molecule has 8 heteroatoms. The van der Waals surface area contributed by atoms with Crippen LogP contribution in [0.5, 0.6) is 0 Å². The fourth-order valence-electron chi connectivity index (χ4n) is 4.00. The number of thiazole rings is 1. The first kappa shape index (κ1) is 20.4. The number of aromatic amines is 1. The van der Waals surface area contributed by atoms with Gasteiger partial charge in [-0.2, -0.15) is 0 Å². The first-order chi connectivity index (χ1) is 14.5. The summed E-state index contributed by atoms with van der Waals surface area (Å²) in [4.78, 5) is 37.2. The van der Waals surface area contributed by atoms with Gasteiger partial charge in [-0.1, -0.05) is 18.2 Å². The Kier molecular flexibility index (Phi) is 6.03. The van der Waals surface area contributed by atoms with Crippen molar-refractivity contribution in [3.05, 3.63) is 47.1 Å². The Morgan fingerprint density at radius 3 is 2.83 bits per heavy atom. The van der Waals surface area contributed by atoms with E-state index < -0.39 is 6.04 Å². The second-order valence-corrected chi connectivity index (χ2v) is 8.59. The maximum absolute atomic E-state index is 13.4. The van der Waals surface area contributed by atoms with Crippen LogP contribution in [0.4, 0.5) is 5.13 Å². The lowest BCUT2D eigenvalue weighted by Crippen LogP contribution is -2.50. The topological polar surface area (TPSA) is 81.3 Å². The van der Waals surface area contributed by atoms with Crippen LogP contribution < -0.4 is 10.2 Å². The standard InChI is InChI=1S/C22H27N5O2S/c1-15-14-30-22(24-15)27-9-5-8-26(10-11-27)21(29)20(25-16(2)28)12-17-13-23-19-7-4-3-6-18(17)19/h3-4,6-7,13-14,20,23H,5,8-12H2,1-2H3,(H,25,28). The van der Waals surface area contributed by atoms with Crippen molar-refractivity contribution in [2.75, 3.05) is 31.1 Å². The Morgan fingerprint density at radius 2 is 2.07 bits per heavy atom. The van der Waals surface area contributed by atoms with Gasteiger partial charge in [0.25, 0.3) is 0 Å². The molecule has 1 aliphatic rings. The van der Waals surface area contributed by atoms with Crippen LogP contribution >= 0.6 is 11.3 Å². The quantitative estimate of drug-likeness (QED) is 0.659. The molecule has 0 bridgehead atoms. The number of para-hydroxylation sites is 1. The molecule has 2 aromatic heterocycles. The number of nitrogens with zero attached hydrogens (tertiary/aromatic N) is 3. The number of rotatable bonds is 5. The summed E-state index contributed by atoms with van der Waals surface area (Å²) in [6, 6.07) is 7.44. The summed E-state index contributed by atoms with van der Waals surface area (Å²) in [7, 11) is 0. The third kappa shape index (κ3) is 4.48. The van der Waals surface area contributed by atoms with Gasteiger partial charge in [-0.25, -0.2) is 4.98 Å². The summed E-state index contributed by atoms with van der Waals surface area (Å²) in [5.74, 6) is -0.212. The smallest absolute Gasteiger partial charge is 0.245 e. The van der Waals surface area contributed by atoms with E-state index in [4.69, 9.17) is 0 Å². The lowest BCUT2D eigenvalue weighted by atomic mass is 10.0. The summed E-state index contributed by atoms with van der Waals surface area (Å²) in [5, 5.41) is 7.03. The number of fused-ring (bicyclic) bond motifs is 1. The van der Waals surface area contributed by atoms with E-state index in [1.54, 1.807) is 11.3 Å². The van der Waals surface area contributed by atoms with Gasteiger partial charge in [0.05, 0.1) is 5.69 Å². The third-order valence-electron chi connectivity index (χ3n) is 5.46. The van der Waals surface area contributed by atoms with Crippen LogP contribution in [0.2, 0.25) is 0 Å². The van der Waals surface area contributed by atoms with Crippen molar-refractivity contribution in [2.45, 2.75) is 32.7 Å². The zero-order chi connectivity index (χ0) is 21.1. The number of benzene rings is 1. The molecule has 4 rings (SSSR count). The molecule has 158 valence electrons. The van der Waals surface area contributed by atoms with Crippen molar-refractivity contribution in [1.29, 1.82) is 0 Å². The number of aryl methyl sites for hydroxylation is 1. The van der Waals surface area contributed by atoms with Crippen molar-refractivity contribution in [3.63, 3.8) is 0 Å². The fraction of sp³-hybridized carbons (Fsp3) is 0.409. The molecule has 0 saturated carbocycles. The molecule has 1 saturated heterocycles. The molecular formula is C22H27N5O2S. The summed E-state index contributed by atoms with van der Waals surface area (Å²) in [6.07, 6.45) is 3.28.